The van der Waals surface area contributed by atoms with Gasteiger partial charge in [-0.1, -0.05) is 27.2 Å². The lowest BCUT2D eigenvalue weighted by molar-refractivity contribution is -0.131. The lowest BCUT2D eigenvalue weighted by Gasteiger charge is -2.58. The van der Waals surface area contributed by atoms with Crippen molar-refractivity contribution in [2.24, 2.45) is 22.7 Å². The van der Waals surface area contributed by atoms with Crippen molar-refractivity contribution in [3.63, 3.8) is 0 Å². The predicted octanol–water partition coefficient (Wildman–Crippen LogP) is 4.78. The van der Waals surface area contributed by atoms with Crippen LogP contribution in [0, 0.1) is 22.7 Å². The first-order valence-corrected chi connectivity index (χ1v) is 10.2. The predicted molar refractivity (Wildman–Crippen MR) is 106 cm³/mol. The maximum atomic E-state index is 11.5. The molecule has 2 fully saturated rings. The highest BCUT2D eigenvalue weighted by atomic mass is 16.5. The minimum absolute atomic E-state index is 0.0912. The smallest absolute Gasteiger partial charge is 0.336 e. The van der Waals surface area contributed by atoms with Crippen molar-refractivity contribution in [3.8, 4) is 5.75 Å². The van der Waals surface area contributed by atoms with E-state index in [9.17, 15) is 9.90 Å². The third kappa shape index (κ3) is 3.18. The molecular formula is C23H30O4. The first-order valence-electron chi connectivity index (χ1n) is 10.2. The van der Waals surface area contributed by atoms with Gasteiger partial charge in [-0.15, -0.1) is 0 Å². The molecule has 1 aromatic carbocycles. The van der Waals surface area contributed by atoms with Crippen LogP contribution in [0.25, 0.3) is 11.0 Å². The molecule has 0 radical (unpaired) electrons. The molecule has 146 valence electrons. The van der Waals surface area contributed by atoms with Gasteiger partial charge in [-0.05, 0) is 61.1 Å². The Balaban J connectivity index is 1.55. The number of aliphatic hydroxyl groups excluding tert-OH is 1. The maximum absolute atomic E-state index is 11.5. The topological polar surface area (TPSA) is 59.7 Å². The molecule has 2 saturated carbocycles. The Morgan fingerprint density at radius 3 is 2.78 bits per heavy atom. The Morgan fingerprint density at radius 1 is 1.19 bits per heavy atom. The van der Waals surface area contributed by atoms with E-state index in [1.165, 1.54) is 18.9 Å². The highest BCUT2D eigenvalue weighted by molar-refractivity contribution is 5.77. The minimum atomic E-state index is -0.343. The molecule has 4 rings (SSSR count). The maximum Gasteiger partial charge on any atom is 0.336 e. The first-order chi connectivity index (χ1) is 12.8. The van der Waals surface area contributed by atoms with E-state index in [-0.39, 0.29) is 22.6 Å². The summed E-state index contributed by atoms with van der Waals surface area (Å²) in [4.78, 5) is 11.5. The van der Waals surface area contributed by atoms with E-state index < -0.39 is 0 Å². The summed E-state index contributed by atoms with van der Waals surface area (Å²) in [5.74, 6) is 1.62. The van der Waals surface area contributed by atoms with Crippen molar-refractivity contribution in [2.75, 3.05) is 6.61 Å². The van der Waals surface area contributed by atoms with Crippen LogP contribution >= 0.6 is 0 Å². The molecule has 5 atom stereocenters. The summed E-state index contributed by atoms with van der Waals surface area (Å²) >= 11 is 0. The van der Waals surface area contributed by atoms with Crippen LogP contribution in [0.3, 0.4) is 0 Å². The number of hydrogen-bond donors (Lipinski definition) is 1. The van der Waals surface area contributed by atoms with Gasteiger partial charge < -0.3 is 14.3 Å². The lowest BCUT2D eigenvalue weighted by Crippen LogP contribution is -2.54. The second kappa shape index (κ2) is 6.66. The molecule has 0 unspecified atom stereocenters. The number of hydrogen-bond acceptors (Lipinski definition) is 4. The van der Waals surface area contributed by atoms with E-state index in [1.807, 2.05) is 18.2 Å². The number of ether oxygens (including phenoxy) is 1. The van der Waals surface area contributed by atoms with Gasteiger partial charge in [0, 0.05) is 22.9 Å². The van der Waals surface area contributed by atoms with Crippen LogP contribution in [0.4, 0.5) is 0 Å². The van der Waals surface area contributed by atoms with Crippen LogP contribution in [0.2, 0.25) is 0 Å². The second-order valence-corrected chi connectivity index (χ2v) is 9.24. The third-order valence-corrected chi connectivity index (χ3v) is 7.63. The van der Waals surface area contributed by atoms with Crippen LogP contribution in [0.1, 0.15) is 52.9 Å². The van der Waals surface area contributed by atoms with Gasteiger partial charge in [-0.3, -0.25) is 0 Å². The zero-order chi connectivity index (χ0) is 19.2. The van der Waals surface area contributed by atoms with Crippen molar-refractivity contribution < 1.29 is 14.3 Å². The molecule has 0 bridgehead atoms. The highest BCUT2D eigenvalue weighted by Crippen LogP contribution is 2.59. The van der Waals surface area contributed by atoms with Crippen molar-refractivity contribution in [2.45, 2.75) is 59.0 Å². The summed E-state index contributed by atoms with van der Waals surface area (Å²) in [6.45, 7) is 7.58. The van der Waals surface area contributed by atoms with Crippen molar-refractivity contribution >= 4 is 11.0 Å². The minimum Gasteiger partial charge on any atom is -0.493 e. The van der Waals surface area contributed by atoms with E-state index in [4.69, 9.17) is 9.15 Å². The third-order valence-electron chi connectivity index (χ3n) is 7.63. The Morgan fingerprint density at radius 2 is 1.96 bits per heavy atom. The molecule has 0 amide bonds. The normalized spacial score (nSPS) is 36.4. The van der Waals surface area contributed by atoms with Crippen molar-refractivity contribution in [1.82, 2.24) is 0 Å². The Labute approximate surface area is 160 Å². The Kier molecular flexibility index (Phi) is 4.58. The van der Waals surface area contributed by atoms with Gasteiger partial charge in [0.05, 0.1) is 12.7 Å². The molecule has 2 aliphatic carbocycles. The average molecular weight is 370 g/mol. The van der Waals surface area contributed by atoms with Gasteiger partial charge in [0.1, 0.15) is 11.3 Å². The molecule has 1 heterocycles. The largest absolute Gasteiger partial charge is 0.493 e. The monoisotopic (exact) mass is 370 g/mol. The summed E-state index contributed by atoms with van der Waals surface area (Å²) in [5, 5.41) is 11.3. The Hall–Kier alpha value is -1.81. The number of aliphatic hydroxyl groups is 1. The van der Waals surface area contributed by atoms with Crippen LogP contribution in [-0.4, -0.2) is 17.8 Å². The fourth-order valence-electron chi connectivity index (χ4n) is 5.82. The highest BCUT2D eigenvalue weighted by Gasteiger charge is 2.54. The van der Waals surface area contributed by atoms with Gasteiger partial charge in [0.25, 0.3) is 0 Å². The van der Waals surface area contributed by atoms with Crippen molar-refractivity contribution in [1.29, 1.82) is 0 Å². The second-order valence-electron chi connectivity index (χ2n) is 9.24. The van der Waals surface area contributed by atoms with Gasteiger partial charge in [-0.2, -0.15) is 0 Å². The van der Waals surface area contributed by atoms with Gasteiger partial charge >= 0.3 is 5.63 Å². The zero-order valence-corrected chi connectivity index (χ0v) is 16.5. The molecule has 4 heteroatoms. The van der Waals surface area contributed by atoms with E-state index in [0.717, 1.165) is 30.4 Å². The average Bonchev–Trinajstić information content (AvgIpc) is 2.64. The van der Waals surface area contributed by atoms with Crippen LogP contribution in [-0.2, 0) is 0 Å². The van der Waals surface area contributed by atoms with Gasteiger partial charge in [0.2, 0.25) is 0 Å². The Bertz CT molecular complexity index is 887. The molecular weight excluding hydrogens is 340 g/mol. The molecule has 2 aromatic rings. The molecule has 27 heavy (non-hydrogen) atoms. The molecule has 2 aliphatic rings. The number of fused-ring (bicyclic) bond motifs is 2. The summed E-state index contributed by atoms with van der Waals surface area (Å²) in [7, 11) is 0. The van der Waals surface area contributed by atoms with E-state index >= 15 is 0 Å². The summed E-state index contributed by atoms with van der Waals surface area (Å²) in [6, 6.07) is 8.90. The van der Waals surface area contributed by atoms with Gasteiger partial charge in [0.15, 0.2) is 0 Å². The molecule has 4 nitrogen and oxygen atoms in total. The summed E-state index contributed by atoms with van der Waals surface area (Å²) in [5.41, 5.74) is 0.482. The molecule has 1 N–H and O–H groups in total. The van der Waals surface area contributed by atoms with E-state index in [0.29, 0.717) is 24.0 Å². The molecule has 1 aromatic heterocycles. The SMILES string of the molecule is C[C@@H]1[C@H](O)CC[C@@H]2[C@@](C)(COc3ccc4ccc(=O)oc4c3)CCC[C@]12C. The standard InChI is InChI=1S/C23H30O4/c1-15-18(24)8-9-20-22(2,11-4-12-23(15,20)3)14-26-17-7-5-16-6-10-21(25)27-19(16)13-17/h5-7,10,13,15,18,20,24H,4,8-9,11-12,14H2,1-3H3/t15-,18-,20-,22-,23-/m1/s1. The zero-order valence-electron chi connectivity index (χ0n) is 16.5. The quantitative estimate of drug-likeness (QED) is 0.790. The summed E-state index contributed by atoms with van der Waals surface area (Å²) < 4.78 is 11.5. The van der Waals surface area contributed by atoms with Crippen LogP contribution < -0.4 is 10.4 Å². The van der Waals surface area contributed by atoms with Crippen LogP contribution in [0.5, 0.6) is 5.75 Å². The fourth-order valence-corrected chi connectivity index (χ4v) is 5.82. The van der Waals surface area contributed by atoms with E-state index in [1.54, 1.807) is 6.07 Å². The number of benzene rings is 1. The van der Waals surface area contributed by atoms with E-state index in [2.05, 4.69) is 20.8 Å². The molecule has 0 aliphatic heterocycles. The first kappa shape index (κ1) is 18.5. The lowest BCUT2D eigenvalue weighted by atomic mass is 9.48. The fraction of sp³-hybridized carbons (Fsp3) is 0.609. The van der Waals surface area contributed by atoms with Crippen molar-refractivity contribution in [3.05, 3.63) is 40.8 Å². The number of rotatable bonds is 3. The van der Waals surface area contributed by atoms with Crippen LogP contribution in [0.15, 0.2) is 39.5 Å². The molecule has 0 saturated heterocycles. The van der Waals surface area contributed by atoms with Gasteiger partial charge in [-0.25, -0.2) is 4.79 Å². The molecule has 0 spiro atoms. The summed E-state index contributed by atoms with van der Waals surface area (Å²) in [6.07, 6.45) is 5.28.